The van der Waals surface area contributed by atoms with Crippen molar-refractivity contribution >= 4 is 51.8 Å². The first-order chi connectivity index (χ1) is 19.8. The van der Waals surface area contributed by atoms with Crippen molar-refractivity contribution < 1.29 is 4.79 Å². The van der Waals surface area contributed by atoms with E-state index in [1.165, 1.54) is 10.8 Å². The van der Waals surface area contributed by atoms with Crippen molar-refractivity contribution in [2.24, 2.45) is 0 Å². The maximum atomic E-state index is 13.9. The summed E-state index contributed by atoms with van der Waals surface area (Å²) < 4.78 is 1.20. The predicted molar refractivity (Wildman–Crippen MR) is 160 cm³/mol. The van der Waals surface area contributed by atoms with E-state index in [9.17, 15) is 14.9 Å². The molecule has 4 heterocycles. The van der Waals surface area contributed by atoms with E-state index in [0.717, 1.165) is 26.2 Å². The Hall–Kier alpha value is -3.72. The Labute approximate surface area is 248 Å². The average molecular weight is 597 g/mol. The SMILES string of the molecule is C=CC(=O)N1CCN(c2nc(N3CC(N(CC)CC)C3)nc3c(=O)n(-c4cccc(Cl)c4Cl)ncc23)CC1CC#N. The Morgan fingerprint density at radius 1 is 1.17 bits per heavy atom. The van der Waals surface area contributed by atoms with E-state index < -0.39 is 5.56 Å². The molecule has 214 valence electrons. The lowest BCUT2D eigenvalue weighted by Gasteiger charge is -2.45. The van der Waals surface area contributed by atoms with Crippen LogP contribution in [0.15, 0.2) is 41.8 Å². The topological polar surface area (TPSA) is 114 Å². The summed E-state index contributed by atoms with van der Waals surface area (Å²) in [6, 6.07) is 7.21. The van der Waals surface area contributed by atoms with Crippen LogP contribution >= 0.6 is 23.2 Å². The summed E-state index contributed by atoms with van der Waals surface area (Å²) >= 11 is 12.7. The second-order valence-electron chi connectivity index (χ2n) is 10.0. The summed E-state index contributed by atoms with van der Waals surface area (Å²) in [6.45, 7) is 12.5. The molecule has 13 heteroatoms. The number of halogens is 2. The molecular formula is C28H31Cl2N9O2. The van der Waals surface area contributed by atoms with Crippen LogP contribution in [0.2, 0.25) is 10.0 Å². The van der Waals surface area contributed by atoms with E-state index in [0.29, 0.717) is 53.5 Å². The number of fused-ring (bicyclic) bond motifs is 1. The van der Waals surface area contributed by atoms with Crippen molar-refractivity contribution in [1.29, 1.82) is 5.26 Å². The van der Waals surface area contributed by atoms with Gasteiger partial charge in [0.1, 0.15) is 11.3 Å². The number of anilines is 2. The first-order valence-corrected chi connectivity index (χ1v) is 14.3. The number of amides is 1. The summed E-state index contributed by atoms with van der Waals surface area (Å²) in [5.41, 5.74) is 0.0964. The minimum Gasteiger partial charge on any atom is -0.352 e. The predicted octanol–water partition coefficient (Wildman–Crippen LogP) is 3.13. The van der Waals surface area contributed by atoms with Crippen molar-refractivity contribution in [2.75, 3.05) is 55.6 Å². The van der Waals surface area contributed by atoms with E-state index in [1.807, 2.05) is 4.90 Å². The number of carbonyl (C=O) groups excluding carboxylic acids is 1. The van der Waals surface area contributed by atoms with E-state index >= 15 is 0 Å². The van der Waals surface area contributed by atoms with Gasteiger partial charge in [-0.1, -0.05) is 49.7 Å². The molecule has 5 rings (SSSR count). The van der Waals surface area contributed by atoms with Gasteiger partial charge in [0, 0.05) is 38.8 Å². The molecule has 0 bridgehead atoms. The Morgan fingerprint density at radius 3 is 2.61 bits per heavy atom. The second kappa shape index (κ2) is 12.0. The fourth-order valence-corrected chi connectivity index (χ4v) is 5.91. The number of piperazine rings is 1. The van der Waals surface area contributed by atoms with Crippen molar-refractivity contribution in [2.45, 2.75) is 32.4 Å². The van der Waals surface area contributed by atoms with Gasteiger partial charge in [-0.2, -0.15) is 20.0 Å². The number of nitriles is 1. The fraction of sp³-hybridized carbons (Fsp3) is 0.429. The summed E-state index contributed by atoms with van der Waals surface area (Å²) in [5.74, 6) is 0.771. The first-order valence-electron chi connectivity index (χ1n) is 13.6. The highest BCUT2D eigenvalue weighted by atomic mass is 35.5. The number of hydrogen-bond donors (Lipinski definition) is 0. The molecule has 2 saturated heterocycles. The minimum absolute atomic E-state index is 0.155. The number of benzene rings is 1. The number of carbonyl (C=O) groups is 1. The van der Waals surface area contributed by atoms with Crippen LogP contribution in [-0.4, -0.2) is 93.4 Å². The van der Waals surface area contributed by atoms with E-state index in [4.69, 9.17) is 33.2 Å². The zero-order valence-electron chi connectivity index (χ0n) is 23.0. The van der Waals surface area contributed by atoms with Crippen LogP contribution in [0.4, 0.5) is 11.8 Å². The molecular weight excluding hydrogens is 565 g/mol. The van der Waals surface area contributed by atoms with Gasteiger partial charge in [-0.25, -0.2) is 4.98 Å². The van der Waals surface area contributed by atoms with Crippen LogP contribution in [0.5, 0.6) is 0 Å². The summed E-state index contributed by atoms with van der Waals surface area (Å²) in [4.78, 5) is 44.1. The van der Waals surface area contributed by atoms with E-state index in [-0.39, 0.29) is 28.9 Å². The van der Waals surface area contributed by atoms with Gasteiger partial charge in [0.25, 0.3) is 5.56 Å². The zero-order valence-corrected chi connectivity index (χ0v) is 24.5. The Kier molecular flexibility index (Phi) is 8.45. The lowest BCUT2D eigenvalue weighted by atomic mass is 10.1. The van der Waals surface area contributed by atoms with Crippen LogP contribution in [0.25, 0.3) is 16.6 Å². The fourth-order valence-electron chi connectivity index (χ4n) is 5.53. The van der Waals surface area contributed by atoms with Gasteiger partial charge < -0.3 is 14.7 Å². The van der Waals surface area contributed by atoms with Gasteiger partial charge in [-0.3, -0.25) is 14.5 Å². The molecule has 2 fully saturated rings. The number of hydrogen-bond acceptors (Lipinski definition) is 9. The molecule has 1 unspecified atom stereocenters. The highest BCUT2D eigenvalue weighted by Crippen LogP contribution is 2.31. The molecule has 0 radical (unpaired) electrons. The monoisotopic (exact) mass is 595 g/mol. The zero-order chi connectivity index (χ0) is 29.3. The van der Waals surface area contributed by atoms with Gasteiger partial charge in [-0.15, -0.1) is 0 Å². The van der Waals surface area contributed by atoms with E-state index in [1.54, 1.807) is 29.3 Å². The molecule has 0 spiro atoms. The first kappa shape index (κ1) is 28.8. The molecule has 2 aromatic heterocycles. The number of aromatic nitrogens is 4. The number of likely N-dealkylation sites (N-methyl/N-ethyl adjacent to an activating group) is 1. The summed E-state index contributed by atoms with van der Waals surface area (Å²) in [7, 11) is 0. The van der Waals surface area contributed by atoms with Crippen molar-refractivity contribution in [3.8, 4) is 11.8 Å². The molecule has 0 saturated carbocycles. The summed E-state index contributed by atoms with van der Waals surface area (Å²) in [6.07, 6.45) is 2.98. The number of nitrogens with zero attached hydrogens (tertiary/aromatic N) is 9. The maximum absolute atomic E-state index is 13.9. The average Bonchev–Trinajstić information content (AvgIpc) is 2.96. The molecule has 3 aromatic rings. The third-order valence-corrected chi connectivity index (χ3v) is 8.62. The third kappa shape index (κ3) is 5.35. The number of rotatable bonds is 8. The molecule has 1 aromatic carbocycles. The standard InChI is InChI=1S/C28H31Cl2N9O2/c1-4-23(40)38-13-12-36(15-18(38)10-11-31)26-20-14-32-39(22-9-7-8-21(29)24(22)30)27(41)25(20)33-28(34-26)37-16-19(17-37)35(5-2)6-3/h4,7-9,14,18-19H,1,5-6,10,12-13,15-17H2,2-3H3. The molecule has 2 aliphatic heterocycles. The van der Waals surface area contributed by atoms with Crippen molar-refractivity contribution in [3.05, 3.63) is 57.4 Å². The molecule has 0 aliphatic carbocycles. The van der Waals surface area contributed by atoms with Gasteiger partial charge in [-0.05, 0) is 31.3 Å². The van der Waals surface area contributed by atoms with Crippen LogP contribution in [0, 0.1) is 11.3 Å². The minimum atomic E-state index is -0.452. The lowest BCUT2D eigenvalue weighted by molar-refractivity contribution is -0.128. The van der Waals surface area contributed by atoms with Crippen LogP contribution in [-0.2, 0) is 4.79 Å². The second-order valence-corrected chi connectivity index (χ2v) is 10.8. The molecule has 1 atom stereocenters. The Balaban J connectivity index is 1.60. The molecule has 0 N–H and O–H groups in total. The van der Waals surface area contributed by atoms with Crippen molar-refractivity contribution in [1.82, 2.24) is 29.5 Å². The van der Waals surface area contributed by atoms with Gasteiger partial charge in [0.2, 0.25) is 11.9 Å². The third-order valence-electron chi connectivity index (χ3n) is 7.81. The maximum Gasteiger partial charge on any atom is 0.298 e. The van der Waals surface area contributed by atoms with Crippen molar-refractivity contribution in [3.63, 3.8) is 0 Å². The lowest BCUT2D eigenvalue weighted by Crippen LogP contribution is -2.60. The largest absolute Gasteiger partial charge is 0.352 e. The van der Waals surface area contributed by atoms with Gasteiger partial charge >= 0.3 is 0 Å². The molecule has 11 nitrogen and oxygen atoms in total. The highest BCUT2D eigenvalue weighted by Gasteiger charge is 2.35. The molecule has 2 aliphatic rings. The Morgan fingerprint density at radius 2 is 1.93 bits per heavy atom. The van der Waals surface area contributed by atoms with Crippen LogP contribution in [0.3, 0.4) is 0 Å². The normalized spacial score (nSPS) is 17.6. The quantitative estimate of drug-likeness (QED) is 0.362. The molecule has 1 amide bonds. The van der Waals surface area contributed by atoms with Crippen LogP contribution in [0.1, 0.15) is 20.3 Å². The van der Waals surface area contributed by atoms with Gasteiger partial charge in [0.05, 0.1) is 45.8 Å². The Bertz CT molecular complexity index is 1580. The van der Waals surface area contributed by atoms with E-state index in [2.05, 4.69) is 41.4 Å². The molecule has 41 heavy (non-hydrogen) atoms. The van der Waals surface area contributed by atoms with Crippen LogP contribution < -0.4 is 15.4 Å². The summed E-state index contributed by atoms with van der Waals surface area (Å²) in [5, 5.41) is 14.9. The highest BCUT2D eigenvalue weighted by molar-refractivity contribution is 6.43. The van der Waals surface area contributed by atoms with Gasteiger partial charge in [0.15, 0.2) is 0 Å². The smallest absolute Gasteiger partial charge is 0.298 e.